The van der Waals surface area contributed by atoms with Crippen molar-refractivity contribution >= 4 is 5.90 Å². The van der Waals surface area contributed by atoms with Gasteiger partial charge in [0.2, 0.25) is 0 Å². The second-order valence-electron chi connectivity index (χ2n) is 9.79. The summed E-state index contributed by atoms with van der Waals surface area (Å²) in [6, 6.07) is 38.7. The fourth-order valence-electron chi connectivity index (χ4n) is 5.31. The lowest BCUT2D eigenvalue weighted by Gasteiger charge is -2.36. The fraction of sp³-hybridized carbons (Fsp3) is 0.171. The van der Waals surface area contributed by atoms with Crippen LogP contribution in [0, 0.1) is 5.92 Å². The first-order valence-electron chi connectivity index (χ1n) is 13.2. The number of ether oxygens (including phenoxy) is 1. The maximum Gasteiger partial charge on any atom is 0.191 e. The Kier molecular flexibility index (Phi) is 7.87. The molecule has 2 N–H and O–H groups in total. The average Bonchev–Trinajstić information content (AvgIpc) is 2.99. The van der Waals surface area contributed by atoms with Gasteiger partial charge in [-0.1, -0.05) is 140 Å². The molecule has 196 valence electrons. The summed E-state index contributed by atoms with van der Waals surface area (Å²) in [5.74, 6) is 0.0811. The molecule has 1 unspecified atom stereocenters. The molecule has 39 heavy (non-hydrogen) atoms. The summed E-state index contributed by atoms with van der Waals surface area (Å²) in [5, 5.41) is 24.8. The largest absolute Gasteiger partial charge is 0.484 e. The second kappa shape index (κ2) is 11.6. The first kappa shape index (κ1) is 26.4. The minimum atomic E-state index is -1.36. The first-order chi connectivity index (χ1) is 19.0. The van der Waals surface area contributed by atoms with E-state index in [-0.39, 0.29) is 6.42 Å². The Morgan fingerprint density at radius 2 is 1.13 bits per heavy atom. The van der Waals surface area contributed by atoms with Crippen LogP contribution in [0.1, 0.15) is 35.1 Å². The topological polar surface area (TPSA) is 62.0 Å². The zero-order chi connectivity index (χ0) is 27.1. The lowest BCUT2D eigenvalue weighted by atomic mass is 9.74. The van der Waals surface area contributed by atoms with Crippen LogP contribution in [0.4, 0.5) is 0 Å². The highest BCUT2D eigenvalue weighted by Crippen LogP contribution is 2.42. The standard InChI is InChI=1S/C35H33NO3/c1-39-33-24-14-23-31(35(38,29-19-10-4-11-20-29)30-21-12-5-13-22-30)25-32(36-33)26-34(37,27-15-6-2-7-16-27)28-17-8-3-9-18-28/h2-23,25,31,37-38H,24,26H2,1H3/b23-14-,32-25-,36-33?. The van der Waals surface area contributed by atoms with Crippen molar-refractivity contribution < 1.29 is 14.9 Å². The van der Waals surface area contributed by atoms with E-state index in [4.69, 9.17) is 9.73 Å². The minimum absolute atomic E-state index is 0.192. The Balaban J connectivity index is 1.67. The predicted molar refractivity (Wildman–Crippen MR) is 156 cm³/mol. The molecule has 0 radical (unpaired) electrons. The van der Waals surface area contributed by atoms with E-state index >= 15 is 0 Å². The molecule has 0 spiro atoms. The third-order valence-electron chi connectivity index (χ3n) is 7.36. The first-order valence-corrected chi connectivity index (χ1v) is 13.2. The summed E-state index contributed by atoms with van der Waals surface area (Å²) in [5.41, 5.74) is 1.01. The number of hydrogen-bond acceptors (Lipinski definition) is 4. The van der Waals surface area contributed by atoms with Crippen LogP contribution in [-0.2, 0) is 15.9 Å². The van der Waals surface area contributed by atoms with Crippen molar-refractivity contribution in [1.29, 1.82) is 0 Å². The average molecular weight is 516 g/mol. The van der Waals surface area contributed by atoms with Crippen molar-refractivity contribution in [3.8, 4) is 0 Å². The number of nitrogens with zero attached hydrogens (tertiary/aromatic N) is 1. The summed E-state index contributed by atoms with van der Waals surface area (Å²) in [6.07, 6.45) is 6.62. The van der Waals surface area contributed by atoms with Crippen molar-refractivity contribution in [1.82, 2.24) is 0 Å². The summed E-state index contributed by atoms with van der Waals surface area (Å²) in [4.78, 5) is 4.87. The van der Waals surface area contributed by atoms with Gasteiger partial charge in [-0.05, 0) is 22.3 Å². The van der Waals surface area contributed by atoms with Gasteiger partial charge in [0.05, 0.1) is 7.11 Å². The highest BCUT2D eigenvalue weighted by molar-refractivity contribution is 5.79. The molecule has 0 saturated heterocycles. The van der Waals surface area contributed by atoms with E-state index in [1.54, 1.807) is 7.11 Å². The van der Waals surface area contributed by atoms with Gasteiger partial charge in [-0.2, -0.15) is 0 Å². The lowest BCUT2D eigenvalue weighted by Crippen LogP contribution is -2.35. The van der Waals surface area contributed by atoms with Gasteiger partial charge >= 0.3 is 0 Å². The molecule has 0 fully saturated rings. The van der Waals surface area contributed by atoms with Crippen molar-refractivity contribution in [3.63, 3.8) is 0 Å². The third-order valence-corrected chi connectivity index (χ3v) is 7.36. The summed E-state index contributed by atoms with van der Waals surface area (Å²) in [6.45, 7) is 0. The molecule has 1 aliphatic heterocycles. The van der Waals surface area contributed by atoms with Crippen LogP contribution >= 0.6 is 0 Å². The van der Waals surface area contributed by atoms with E-state index < -0.39 is 17.1 Å². The zero-order valence-corrected chi connectivity index (χ0v) is 22.0. The smallest absolute Gasteiger partial charge is 0.191 e. The number of aliphatic imine (C=N–C) groups is 1. The zero-order valence-electron chi connectivity index (χ0n) is 22.0. The molecule has 4 aromatic carbocycles. The molecule has 1 heterocycles. The van der Waals surface area contributed by atoms with Gasteiger partial charge < -0.3 is 14.9 Å². The van der Waals surface area contributed by atoms with Crippen molar-refractivity contribution in [2.24, 2.45) is 10.9 Å². The molecule has 0 amide bonds. The van der Waals surface area contributed by atoms with Crippen LogP contribution in [0.3, 0.4) is 0 Å². The van der Waals surface area contributed by atoms with Crippen LogP contribution in [0.25, 0.3) is 0 Å². The Hall–Kier alpha value is -4.25. The van der Waals surface area contributed by atoms with Crippen LogP contribution < -0.4 is 0 Å². The predicted octanol–water partition coefficient (Wildman–Crippen LogP) is 6.75. The van der Waals surface area contributed by atoms with Crippen LogP contribution in [-0.4, -0.2) is 23.2 Å². The SMILES string of the molecule is COC1=N/C(CC(O)(c2ccccc2)c2ccccc2)=C\C(C(O)(c2ccccc2)c2ccccc2)/C=C\C1. The van der Waals surface area contributed by atoms with Crippen molar-refractivity contribution in [3.05, 3.63) is 168 Å². The maximum absolute atomic E-state index is 12.5. The van der Waals surface area contributed by atoms with Gasteiger partial charge in [0.15, 0.2) is 5.90 Å². The van der Waals surface area contributed by atoms with Crippen LogP contribution in [0.15, 0.2) is 150 Å². The van der Waals surface area contributed by atoms with Crippen molar-refractivity contribution in [2.75, 3.05) is 7.11 Å². The summed E-state index contributed by atoms with van der Waals surface area (Å²) in [7, 11) is 1.61. The molecule has 5 rings (SSSR count). The number of hydrogen-bond donors (Lipinski definition) is 2. The van der Waals surface area contributed by atoms with Gasteiger partial charge in [-0.25, -0.2) is 4.99 Å². The van der Waals surface area contributed by atoms with Gasteiger partial charge in [0.1, 0.15) is 11.2 Å². The van der Waals surface area contributed by atoms with Gasteiger partial charge in [0, 0.05) is 24.5 Å². The fourth-order valence-corrected chi connectivity index (χ4v) is 5.31. The van der Waals surface area contributed by atoms with E-state index in [1.165, 1.54) is 0 Å². The lowest BCUT2D eigenvalue weighted by molar-refractivity contribution is 0.0522. The van der Waals surface area contributed by atoms with E-state index in [9.17, 15) is 10.2 Å². The Bertz CT molecular complexity index is 1370. The number of benzene rings is 4. The Morgan fingerprint density at radius 3 is 1.56 bits per heavy atom. The summed E-state index contributed by atoms with van der Waals surface area (Å²) < 4.78 is 5.59. The molecule has 1 atom stereocenters. The van der Waals surface area contributed by atoms with Crippen LogP contribution in [0.2, 0.25) is 0 Å². The summed E-state index contributed by atoms with van der Waals surface area (Å²) >= 11 is 0. The molecular weight excluding hydrogens is 482 g/mol. The quantitative estimate of drug-likeness (QED) is 0.268. The molecule has 0 saturated carbocycles. The molecule has 4 aromatic rings. The number of methoxy groups -OCH3 is 1. The van der Waals surface area contributed by atoms with Gasteiger partial charge in [0.25, 0.3) is 0 Å². The molecule has 0 bridgehead atoms. The number of rotatable bonds is 7. The molecular formula is C35H33NO3. The molecule has 0 aromatic heterocycles. The Labute approximate surface area is 230 Å². The van der Waals surface area contributed by atoms with E-state index in [0.717, 1.165) is 22.3 Å². The second-order valence-corrected chi connectivity index (χ2v) is 9.79. The van der Waals surface area contributed by atoms with E-state index in [0.29, 0.717) is 18.0 Å². The highest BCUT2D eigenvalue weighted by Gasteiger charge is 2.40. The third kappa shape index (κ3) is 5.49. The van der Waals surface area contributed by atoms with Gasteiger partial charge in [-0.3, -0.25) is 0 Å². The highest BCUT2D eigenvalue weighted by atomic mass is 16.5. The molecule has 4 nitrogen and oxygen atoms in total. The molecule has 4 heteroatoms. The maximum atomic E-state index is 12.5. The number of aliphatic hydroxyl groups is 2. The normalized spacial score (nSPS) is 18.2. The van der Waals surface area contributed by atoms with Gasteiger partial charge in [-0.15, -0.1) is 0 Å². The molecule has 0 aliphatic carbocycles. The van der Waals surface area contributed by atoms with E-state index in [1.807, 2.05) is 140 Å². The Morgan fingerprint density at radius 1 is 0.692 bits per heavy atom. The van der Waals surface area contributed by atoms with Crippen LogP contribution in [0.5, 0.6) is 0 Å². The van der Waals surface area contributed by atoms with E-state index in [2.05, 4.69) is 0 Å². The monoisotopic (exact) mass is 515 g/mol. The van der Waals surface area contributed by atoms with Crippen molar-refractivity contribution in [2.45, 2.75) is 24.0 Å². The minimum Gasteiger partial charge on any atom is -0.484 e. The molecule has 1 aliphatic rings.